The third-order valence-corrected chi connectivity index (χ3v) is 3.25. The van der Waals surface area contributed by atoms with E-state index in [0.717, 1.165) is 10.0 Å². The van der Waals surface area contributed by atoms with E-state index < -0.39 is 5.97 Å². The van der Waals surface area contributed by atoms with Crippen molar-refractivity contribution < 1.29 is 19.4 Å². The van der Waals surface area contributed by atoms with Crippen LogP contribution in [0.3, 0.4) is 0 Å². The van der Waals surface area contributed by atoms with Gasteiger partial charge < -0.3 is 14.6 Å². The van der Waals surface area contributed by atoms with Crippen LogP contribution in [0.4, 0.5) is 0 Å². The van der Waals surface area contributed by atoms with Crippen LogP contribution < -0.4 is 4.74 Å². The summed E-state index contributed by atoms with van der Waals surface area (Å²) in [6.07, 6.45) is 0. The van der Waals surface area contributed by atoms with Crippen molar-refractivity contribution in [1.82, 2.24) is 0 Å². The summed E-state index contributed by atoms with van der Waals surface area (Å²) in [6, 6.07) is 12.1. The number of methoxy groups -OCH3 is 1. The van der Waals surface area contributed by atoms with Gasteiger partial charge in [0.2, 0.25) is 0 Å². The highest BCUT2D eigenvalue weighted by Crippen LogP contribution is 2.29. The Morgan fingerprint density at radius 3 is 2.55 bits per heavy atom. The first-order valence-corrected chi connectivity index (χ1v) is 6.68. The topological polar surface area (TPSA) is 55.8 Å². The first kappa shape index (κ1) is 14.4. The molecule has 0 spiro atoms. The Labute approximate surface area is 125 Å². The average Bonchev–Trinajstić information content (AvgIpc) is 2.46. The maximum Gasteiger partial charge on any atom is 0.342 e. The van der Waals surface area contributed by atoms with Crippen LogP contribution in [0.2, 0.25) is 0 Å². The number of ether oxygens (including phenoxy) is 2. The second kappa shape index (κ2) is 6.43. The number of phenols is 1. The smallest absolute Gasteiger partial charge is 0.342 e. The molecule has 0 aliphatic rings. The van der Waals surface area contributed by atoms with E-state index in [1.807, 2.05) is 24.3 Å². The number of aromatic hydroxyl groups is 1. The van der Waals surface area contributed by atoms with E-state index in [9.17, 15) is 9.90 Å². The molecular formula is C15H13BrO4. The van der Waals surface area contributed by atoms with E-state index in [1.165, 1.54) is 13.2 Å². The van der Waals surface area contributed by atoms with Crippen LogP contribution in [0.5, 0.6) is 11.5 Å². The molecule has 2 rings (SSSR count). The van der Waals surface area contributed by atoms with Gasteiger partial charge in [-0.05, 0) is 29.8 Å². The Hall–Kier alpha value is -2.01. The van der Waals surface area contributed by atoms with E-state index in [2.05, 4.69) is 15.9 Å². The maximum absolute atomic E-state index is 11.9. The monoisotopic (exact) mass is 336 g/mol. The molecule has 4 nitrogen and oxygen atoms in total. The molecule has 0 saturated heterocycles. The molecule has 0 aliphatic carbocycles. The predicted octanol–water partition coefficient (Wildman–Crippen LogP) is 3.52. The molecule has 104 valence electrons. The number of halogens is 1. The fourth-order valence-electron chi connectivity index (χ4n) is 1.66. The first-order valence-electron chi connectivity index (χ1n) is 5.89. The number of hydrogen-bond acceptors (Lipinski definition) is 4. The van der Waals surface area contributed by atoms with Crippen molar-refractivity contribution in [2.45, 2.75) is 6.61 Å². The molecule has 0 radical (unpaired) electrons. The second-order valence-corrected chi connectivity index (χ2v) is 4.97. The lowest BCUT2D eigenvalue weighted by Crippen LogP contribution is -2.06. The maximum atomic E-state index is 11.9. The zero-order valence-electron chi connectivity index (χ0n) is 10.8. The summed E-state index contributed by atoms with van der Waals surface area (Å²) in [5, 5.41) is 9.86. The van der Waals surface area contributed by atoms with Gasteiger partial charge in [0.05, 0.1) is 7.11 Å². The SMILES string of the molecule is COc1cccc(C(=O)OCc2ccc(Br)cc2)c1O. The number of esters is 1. The van der Waals surface area contributed by atoms with E-state index >= 15 is 0 Å². The quantitative estimate of drug-likeness (QED) is 0.868. The highest BCUT2D eigenvalue weighted by Gasteiger charge is 2.16. The highest BCUT2D eigenvalue weighted by atomic mass is 79.9. The predicted molar refractivity (Wildman–Crippen MR) is 77.9 cm³/mol. The molecule has 0 saturated carbocycles. The molecule has 2 aromatic carbocycles. The van der Waals surface area contributed by atoms with Gasteiger partial charge in [-0.2, -0.15) is 0 Å². The number of carbonyl (C=O) groups excluding carboxylic acids is 1. The third kappa shape index (κ3) is 3.30. The van der Waals surface area contributed by atoms with Crippen molar-refractivity contribution in [2.24, 2.45) is 0 Å². The summed E-state index contributed by atoms with van der Waals surface area (Å²) in [5.74, 6) is -0.566. The van der Waals surface area contributed by atoms with Crippen molar-refractivity contribution in [3.63, 3.8) is 0 Å². The molecular weight excluding hydrogens is 324 g/mol. The highest BCUT2D eigenvalue weighted by molar-refractivity contribution is 9.10. The van der Waals surface area contributed by atoms with Crippen LogP contribution in [0.1, 0.15) is 15.9 Å². The lowest BCUT2D eigenvalue weighted by Gasteiger charge is -2.09. The van der Waals surface area contributed by atoms with Gasteiger partial charge in [-0.15, -0.1) is 0 Å². The summed E-state index contributed by atoms with van der Waals surface area (Å²) >= 11 is 3.33. The normalized spacial score (nSPS) is 10.1. The number of phenolic OH excluding ortho intramolecular Hbond substituents is 1. The zero-order valence-corrected chi connectivity index (χ0v) is 12.4. The van der Waals surface area contributed by atoms with Crippen LogP contribution in [0.15, 0.2) is 46.9 Å². The molecule has 1 N–H and O–H groups in total. The number of para-hydroxylation sites is 1. The van der Waals surface area contributed by atoms with Crippen molar-refractivity contribution in [3.05, 3.63) is 58.1 Å². The van der Waals surface area contributed by atoms with Crippen molar-refractivity contribution in [2.75, 3.05) is 7.11 Å². The van der Waals surface area contributed by atoms with Gasteiger partial charge >= 0.3 is 5.97 Å². The summed E-state index contributed by atoms with van der Waals surface area (Å²) in [4.78, 5) is 11.9. The molecule has 0 amide bonds. The fourth-order valence-corrected chi connectivity index (χ4v) is 1.92. The van der Waals surface area contributed by atoms with E-state index in [1.54, 1.807) is 12.1 Å². The Morgan fingerprint density at radius 1 is 1.20 bits per heavy atom. The Balaban J connectivity index is 2.07. The molecule has 2 aromatic rings. The van der Waals surface area contributed by atoms with Crippen LogP contribution in [-0.4, -0.2) is 18.2 Å². The minimum absolute atomic E-state index is 0.0847. The lowest BCUT2D eigenvalue weighted by atomic mass is 10.2. The van der Waals surface area contributed by atoms with Crippen molar-refractivity contribution >= 4 is 21.9 Å². The van der Waals surface area contributed by atoms with Crippen LogP contribution in [0, 0.1) is 0 Å². The van der Waals surface area contributed by atoms with Gasteiger partial charge in [0.25, 0.3) is 0 Å². The van der Waals surface area contributed by atoms with Crippen LogP contribution >= 0.6 is 15.9 Å². The molecule has 0 fully saturated rings. The Morgan fingerprint density at radius 2 is 1.90 bits per heavy atom. The van der Waals surface area contributed by atoms with Gasteiger partial charge in [-0.1, -0.05) is 34.1 Å². The van der Waals surface area contributed by atoms with Gasteiger partial charge in [-0.3, -0.25) is 0 Å². The van der Waals surface area contributed by atoms with Crippen molar-refractivity contribution in [3.8, 4) is 11.5 Å². The Bertz CT molecular complexity index is 608. The third-order valence-electron chi connectivity index (χ3n) is 2.72. The molecule has 20 heavy (non-hydrogen) atoms. The lowest BCUT2D eigenvalue weighted by molar-refractivity contribution is 0.0468. The van der Waals surface area contributed by atoms with Gasteiger partial charge in [0, 0.05) is 4.47 Å². The van der Waals surface area contributed by atoms with Crippen LogP contribution in [-0.2, 0) is 11.3 Å². The van der Waals surface area contributed by atoms with E-state index in [0.29, 0.717) is 0 Å². The van der Waals surface area contributed by atoms with Gasteiger partial charge in [0.15, 0.2) is 11.5 Å². The molecule has 0 atom stereocenters. The summed E-state index contributed by atoms with van der Waals surface area (Å²) in [5.41, 5.74) is 0.949. The number of carbonyl (C=O) groups is 1. The van der Waals surface area contributed by atoms with Crippen LogP contribution in [0.25, 0.3) is 0 Å². The second-order valence-electron chi connectivity index (χ2n) is 4.06. The minimum Gasteiger partial charge on any atom is -0.504 e. The van der Waals surface area contributed by atoms with Crippen molar-refractivity contribution in [1.29, 1.82) is 0 Å². The average molecular weight is 337 g/mol. The molecule has 0 heterocycles. The zero-order chi connectivity index (χ0) is 14.5. The van der Waals surface area contributed by atoms with Gasteiger partial charge in [0.1, 0.15) is 12.2 Å². The molecule has 0 aromatic heterocycles. The van der Waals surface area contributed by atoms with Gasteiger partial charge in [-0.25, -0.2) is 4.79 Å². The van der Waals surface area contributed by atoms with E-state index in [-0.39, 0.29) is 23.7 Å². The summed E-state index contributed by atoms with van der Waals surface area (Å²) in [7, 11) is 1.42. The standard InChI is InChI=1S/C15H13BrO4/c1-19-13-4-2-3-12(14(13)17)15(18)20-9-10-5-7-11(16)8-6-10/h2-8,17H,9H2,1H3. The number of benzene rings is 2. The molecule has 0 bridgehead atoms. The molecule has 5 heteroatoms. The fraction of sp³-hybridized carbons (Fsp3) is 0.133. The first-order chi connectivity index (χ1) is 9.61. The largest absolute Gasteiger partial charge is 0.504 e. The number of hydrogen-bond donors (Lipinski definition) is 1. The minimum atomic E-state index is -0.593. The van der Waals surface area contributed by atoms with E-state index in [4.69, 9.17) is 9.47 Å². The number of rotatable bonds is 4. The Kier molecular flexibility index (Phi) is 4.63. The summed E-state index contributed by atoms with van der Waals surface area (Å²) in [6.45, 7) is 0.142. The summed E-state index contributed by atoms with van der Waals surface area (Å²) < 4.78 is 11.1. The molecule has 0 unspecified atom stereocenters. The molecule has 0 aliphatic heterocycles.